The number of aryl methyl sites for hydroxylation is 1. The lowest BCUT2D eigenvalue weighted by Gasteiger charge is -2.14. The average Bonchev–Trinajstić information content (AvgIpc) is 2.33. The summed E-state index contributed by atoms with van der Waals surface area (Å²) in [7, 11) is 0. The Morgan fingerprint density at radius 1 is 1.05 bits per heavy atom. The Bertz CT molecular complexity index is 571. The molecule has 0 saturated carbocycles. The molecule has 3 N–H and O–H groups in total. The first-order valence-electron chi connectivity index (χ1n) is 5.67. The molecule has 2 aromatic carbocycles. The molecule has 0 aliphatic heterocycles. The molecule has 5 heteroatoms. The van der Waals surface area contributed by atoms with Crippen LogP contribution < -0.4 is 11.1 Å². The van der Waals surface area contributed by atoms with Gasteiger partial charge in [-0.15, -0.1) is 0 Å². The number of alkyl halides is 3. The molecule has 0 radical (unpaired) electrons. The second kappa shape index (κ2) is 4.84. The molecule has 0 aliphatic rings. The summed E-state index contributed by atoms with van der Waals surface area (Å²) < 4.78 is 37.8. The predicted molar refractivity (Wildman–Crippen MR) is 70.3 cm³/mol. The van der Waals surface area contributed by atoms with Crippen molar-refractivity contribution >= 4 is 17.1 Å². The summed E-state index contributed by atoms with van der Waals surface area (Å²) in [4.78, 5) is 0. The summed E-state index contributed by atoms with van der Waals surface area (Å²) >= 11 is 0. The smallest absolute Gasteiger partial charge is 0.397 e. The minimum absolute atomic E-state index is 0.357. The van der Waals surface area contributed by atoms with Gasteiger partial charge in [-0.2, -0.15) is 13.2 Å². The minimum Gasteiger partial charge on any atom is -0.397 e. The van der Waals surface area contributed by atoms with Gasteiger partial charge < -0.3 is 11.1 Å². The van der Waals surface area contributed by atoms with Gasteiger partial charge in [0.15, 0.2) is 0 Å². The topological polar surface area (TPSA) is 38.0 Å². The third-order valence-electron chi connectivity index (χ3n) is 2.76. The van der Waals surface area contributed by atoms with E-state index < -0.39 is 11.7 Å². The Morgan fingerprint density at radius 2 is 1.74 bits per heavy atom. The quantitative estimate of drug-likeness (QED) is 0.793. The highest BCUT2D eigenvalue weighted by atomic mass is 19.4. The van der Waals surface area contributed by atoms with Gasteiger partial charge in [0.25, 0.3) is 0 Å². The summed E-state index contributed by atoms with van der Waals surface area (Å²) in [6.45, 7) is 1.84. The van der Waals surface area contributed by atoms with E-state index >= 15 is 0 Å². The van der Waals surface area contributed by atoms with E-state index in [9.17, 15) is 13.2 Å². The first kappa shape index (κ1) is 13.3. The molecule has 0 aromatic heterocycles. The number of hydrogen-bond donors (Lipinski definition) is 2. The largest absolute Gasteiger partial charge is 0.416 e. The van der Waals surface area contributed by atoms with Crippen LogP contribution in [-0.4, -0.2) is 0 Å². The maximum atomic E-state index is 12.6. The van der Waals surface area contributed by atoms with Crippen LogP contribution in [0.1, 0.15) is 11.1 Å². The Labute approximate surface area is 109 Å². The van der Waals surface area contributed by atoms with Crippen molar-refractivity contribution in [2.24, 2.45) is 0 Å². The lowest BCUT2D eigenvalue weighted by atomic mass is 10.1. The standard InChI is InChI=1S/C14H13F3N2/c1-9-4-2-7-12(18)13(9)19-11-6-3-5-10(8-11)14(15,16)17/h2-8,19H,18H2,1H3. The van der Waals surface area contributed by atoms with E-state index in [4.69, 9.17) is 5.73 Å². The van der Waals surface area contributed by atoms with Crippen LogP contribution in [0.5, 0.6) is 0 Å². The van der Waals surface area contributed by atoms with E-state index in [-0.39, 0.29) is 0 Å². The summed E-state index contributed by atoms with van der Waals surface area (Å²) in [5.41, 5.74) is 7.47. The van der Waals surface area contributed by atoms with Crippen LogP contribution in [-0.2, 0) is 6.18 Å². The molecule has 0 bridgehead atoms. The van der Waals surface area contributed by atoms with Crippen molar-refractivity contribution in [1.82, 2.24) is 0 Å². The first-order valence-corrected chi connectivity index (χ1v) is 5.67. The summed E-state index contributed by atoms with van der Waals surface area (Å²) in [6.07, 6.45) is -4.35. The highest BCUT2D eigenvalue weighted by Gasteiger charge is 2.30. The van der Waals surface area contributed by atoms with Gasteiger partial charge in [0.05, 0.1) is 16.9 Å². The van der Waals surface area contributed by atoms with Crippen LogP contribution in [0.2, 0.25) is 0 Å². The monoisotopic (exact) mass is 266 g/mol. The second-order valence-electron chi connectivity index (χ2n) is 4.24. The maximum Gasteiger partial charge on any atom is 0.416 e. The third-order valence-corrected chi connectivity index (χ3v) is 2.76. The number of hydrogen-bond acceptors (Lipinski definition) is 2. The molecule has 0 heterocycles. The molecule has 0 aliphatic carbocycles. The van der Waals surface area contributed by atoms with E-state index in [0.717, 1.165) is 17.7 Å². The molecule has 0 spiro atoms. The van der Waals surface area contributed by atoms with Gasteiger partial charge >= 0.3 is 6.18 Å². The minimum atomic E-state index is -4.35. The fraction of sp³-hybridized carbons (Fsp3) is 0.143. The molecule has 0 fully saturated rings. The Kier molecular flexibility index (Phi) is 3.38. The van der Waals surface area contributed by atoms with Crippen molar-refractivity contribution in [3.8, 4) is 0 Å². The summed E-state index contributed by atoms with van der Waals surface area (Å²) in [6, 6.07) is 10.4. The lowest BCUT2D eigenvalue weighted by molar-refractivity contribution is -0.137. The highest BCUT2D eigenvalue weighted by Crippen LogP contribution is 2.32. The summed E-state index contributed by atoms with van der Waals surface area (Å²) in [5, 5.41) is 2.93. The van der Waals surface area contributed by atoms with Gasteiger partial charge in [-0.05, 0) is 36.8 Å². The molecule has 2 rings (SSSR count). The van der Waals surface area contributed by atoms with Gasteiger partial charge in [-0.3, -0.25) is 0 Å². The molecule has 100 valence electrons. The van der Waals surface area contributed by atoms with Crippen LogP contribution in [0, 0.1) is 6.92 Å². The SMILES string of the molecule is Cc1cccc(N)c1Nc1cccc(C(F)(F)F)c1. The summed E-state index contributed by atoms with van der Waals surface area (Å²) in [5.74, 6) is 0. The fourth-order valence-corrected chi connectivity index (χ4v) is 1.78. The average molecular weight is 266 g/mol. The van der Waals surface area contributed by atoms with E-state index in [0.29, 0.717) is 17.1 Å². The van der Waals surface area contributed by atoms with Crippen molar-refractivity contribution in [3.05, 3.63) is 53.6 Å². The number of nitrogens with two attached hydrogens (primary N) is 1. The zero-order chi connectivity index (χ0) is 14.0. The van der Waals surface area contributed by atoms with Gasteiger partial charge in [0.2, 0.25) is 0 Å². The van der Waals surface area contributed by atoms with E-state index in [1.54, 1.807) is 18.2 Å². The molecule has 19 heavy (non-hydrogen) atoms. The second-order valence-corrected chi connectivity index (χ2v) is 4.24. The highest BCUT2D eigenvalue weighted by molar-refractivity contribution is 5.75. The van der Waals surface area contributed by atoms with Crippen LogP contribution in [0.3, 0.4) is 0 Å². The molecule has 2 aromatic rings. The van der Waals surface area contributed by atoms with Crippen molar-refractivity contribution in [2.45, 2.75) is 13.1 Å². The van der Waals surface area contributed by atoms with Gasteiger partial charge in [0, 0.05) is 5.69 Å². The molecular weight excluding hydrogens is 253 g/mol. The van der Waals surface area contributed by atoms with Gasteiger partial charge in [-0.1, -0.05) is 18.2 Å². The number of benzene rings is 2. The van der Waals surface area contributed by atoms with Crippen LogP contribution >= 0.6 is 0 Å². The van der Waals surface area contributed by atoms with Crippen LogP contribution in [0.15, 0.2) is 42.5 Å². The van der Waals surface area contributed by atoms with Crippen molar-refractivity contribution in [2.75, 3.05) is 11.1 Å². The molecule has 0 saturated heterocycles. The van der Waals surface area contributed by atoms with Crippen molar-refractivity contribution < 1.29 is 13.2 Å². The van der Waals surface area contributed by atoms with Gasteiger partial charge in [-0.25, -0.2) is 0 Å². The number of para-hydroxylation sites is 1. The van der Waals surface area contributed by atoms with E-state index in [1.807, 2.05) is 13.0 Å². The van der Waals surface area contributed by atoms with E-state index in [2.05, 4.69) is 5.32 Å². The lowest BCUT2D eigenvalue weighted by Crippen LogP contribution is -2.05. The Balaban J connectivity index is 2.34. The number of nitrogens with one attached hydrogen (secondary N) is 1. The molecule has 0 amide bonds. The number of rotatable bonds is 2. The number of anilines is 3. The first-order chi connectivity index (χ1) is 8.88. The fourth-order valence-electron chi connectivity index (χ4n) is 1.78. The molecular formula is C14H13F3N2. The zero-order valence-corrected chi connectivity index (χ0v) is 10.3. The van der Waals surface area contributed by atoms with Crippen LogP contribution in [0.25, 0.3) is 0 Å². The Hall–Kier alpha value is -2.17. The zero-order valence-electron chi connectivity index (χ0n) is 10.3. The van der Waals surface area contributed by atoms with Gasteiger partial charge in [0.1, 0.15) is 0 Å². The van der Waals surface area contributed by atoms with Crippen LogP contribution in [0.4, 0.5) is 30.2 Å². The predicted octanol–water partition coefficient (Wildman–Crippen LogP) is 4.34. The van der Waals surface area contributed by atoms with Crippen molar-refractivity contribution in [3.63, 3.8) is 0 Å². The maximum absolute atomic E-state index is 12.6. The Morgan fingerprint density at radius 3 is 2.37 bits per heavy atom. The van der Waals surface area contributed by atoms with E-state index in [1.165, 1.54) is 6.07 Å². The third kappa shape index (κ3) is 2.99. The normalized spacial score (nSPS) is 11.4. The van der Waals surface area contributed by atoms with Crippen molar-refractivity contribution in [1.29, 1.82) is 0 Å². The molecule has 0 unspecified atom stereocenters. The number of halogens is 3. The number of nitrogen functional groups attached to an aromatic ring is 1. The molecule has 2 nitrogen and oxygen atoms in total. The molecule has 0 atom stereocenters.